The summed E-state index contributed by atoms with van der Waals surface area (Å²) in [7, 11) is 7.23. The summed E-state index contributed by atoms with van der Waals surface area (Å²) in [6.45, 7) is 0.297. The second-order valence-corrected chi connectivity index (χ2v) is 3.11. The molecule has 0 aromatic rings. The third-order valence-electron chi connectivity index (χ3n) is 2.26. The van der Waals surface area contributed by atoms with Crippen molar-refractivity contribution in [1.29, 1.82) is 0 Å². The Balaban J connectivity index is 4.69. The van der Waals surface area contributed by atoms with Gasteiger partial charge in [-0.25, -0.2) is 4.79 Å². The lowest BCUT2D eigenvalue weighted by Gasteiger charge is -2.28. The van der Waals surface area contributed by atoms with Crippen LogP contribution in [0.2, 0.25) is 0 Å². The van der Waals surface area contributed by atoms with Crippen LogP contribution in [-0.2, 0) is 28.5 Å². The number of methoxy groups -OCH3 is 5. The highest BCUT2D eigenvalue weighted by atomic mass is 16.6. The van der Waals surface area contributed by atoms with Gasteiger partial charge in [0.05, 0.1) is 13.7 Å². The first kappa shape index (κ1) is 15.3. The molecule has 0 aliphatic heterocycles. The molecule has 0 fully saturated rings. The lowest BCUT2D eigenvalue weighted by molar-refractivity contribution is -0.172. The van der Waals surface area contributed by atoms with Gasteiger partial charge in [-0.3, -0.25) is 0 Å². The summed E-state index contributed by atoms with van der Waals surface area (Å²) in [6, 6.07) is 0. The minimum absolute atomic E-state index is 0.297. The first-order valence-electron chi connectivity index (χ1n) is 4.81. The maximum atomic E-state index is 11.4. The molecular formula is C10H20O6. The van der Waals surface area contributed by atoms with E-state index < -0.39 is 24.3 Å². The van der Waals surface area contributed by atoms with Crippen LogP contribution >= 0.6 is 0 Å². The molecule has 96 valence electrons. The monoisotopic (exact) mass is 236 g/mol. The lowest BCUT2D eigenvalue weighted by Crippen LogP contribution is -2.47. The molecule has 0 saturated carbocycles. The first-order chi connectivity index (χ1) is 7.65. The average molecular weight is 236 g/mol. The Morgan fingerprint density at radius 2 is 1.62 bits per heavy atom. The Kier molecular flexibility index (Phi) is 8.10. The van der Waals surface area contributed by atoms with Crippen molar-refractivity contribution in [2.75, 3.05) is 42.2 Å². The molecule has 0 aliphatic rings. The van der Waals surface area contributed by atoms with E-state index in [1.165, 1.54) is 28.4 Å². The van der Waals surface area contributed by atoms with Crippen LogP contribution in [0.3, 0.4) is 0 Å². The molecule has 0 amide bonds. The summed E-state index contributed by atoms with van der Waals surface area (Å²) in [5, 5.41) is 0. The summed E-state index contributed by atoms with van der Waals surface area (Å²) in [5.74, 6) is -0.507. The minimum Gasteiger partial charge on any atom is -0.467 e. The van der Waals surface area contributed by atoms with Crippen LogP contribution in [0.1, 0.15) is 0 Å². The Morgan fingerprint density at radius 3 is 1.94 bits per heavy atom. The number of ether oxygens (including phenoxy) is 5. The van der Waals surface area contributed by atoms with Gasteiger partial charge >= 0.3 is 5.97 Å². The molecule has 0 rings (SSSR count). The normalized spacial score (nSPS) is 16.6. The molecule has 0 aliphatic carbocycles. The van der Waals surface area contributed by atoms with Crippen LogP contribution in [0.4, 0.5) is 0 Å². The number of hydrogen-bond acceptors (Lipinski definition) is 6. The van der Waals surface area contributed by atoms with Crippen molar-refractivity contribution in [3.8, 4) is 0 Å². The Morgan fingerprint density at radius 1 is 1.00 bits per heavy atom. The van der Waals surface area contributed by atoms with Crippen molar-refractivity contribution in [3.05, 3.63) is 0 Å². The molecule has 0 radical (unpaired) electrons. The van der Waals surface area contributed by atoms with Crippen LogP contribution in [0, 0.1) is 0 Å². The van der Waals surface area contributed by atoms with E-state index in [0.29, 0.717) is 6.61 Å². The van der Waals surface area contributed by atoms with E-state index in [1.54, 1.807) is 7.11 Å². The van der Waals surface area contributed by atoms with Gasteiger partial charge in [0.25, 0.3) is 0 Å². The third kappa shape index (κ3) is 4.05. The van der Waals surface area contributed by atoms with E-state index in [-0.39, 0.29) is 0 Å². The topological polar surface area (TPSA) is 63.2 Å². The number of esters is 1. The van der Waals surface area contributed by atoms with E-state index >= 15 is 0 Å². The lowest BCUT2D eigenvalue weighted by atomic mass is 10.1. The molecule has 16 heavy (non-hydrogen) atoms. The molecule has 6 heteroatoms. The van der Waals surface area contributed by atoms with E-state index in [2.05, 4.69) is 4.74 Å². The van der Waals surface area contributed by atoms with Gasteiger partial charge in [-0.15, -0.1) is 0 Å². The molecule has 0 heterocycles. The predicted molar refractivity (Wildman–Crippen MR) is 56.3 cm³/mol. The van der Waals surface area contributed by atoms with Gasteiger partial charge in [0, 0.05) is 28.4 Å². The molecule has 0 bridgehead atoms. The molecule has 0 spiro atoms. The molecule has 0 saturated heterocycles. The summed E-state index contributed by atoms with van der Waals surface area (Å²) in [6.07, 6.45) is -1.82. The molecule has 0 N–H and O–H groups in total. The van der Waals surface area contributed by atoms with Gasteiger partial charge in [-0.1, -0.05) is 0 Å². The maximum Gasteiger partial charge on any atom is 0.337 e. The molecule has 0 aromatic carbocycles. The highest BCUT2D eigenvalue weighted by Crippen LogP contribution is 2.12. The zero-order valence-electron chi connectivity index (χ0n) is 10.4. The number of hydrogen-bond donors (Lipinski definition) is 0. The second kappa shape index (κ2) is 8.46. The molecule has 6 nitrogen and oxygen atoms in total. The highest BCUT2D eigenvalue weighted by molar-refractivity contribution is 5.75. The fourth-order valence-corrected chi connectivity index (χ4v) is 1.41. The molecule has 0 unspecified atom stereocenters. The summed E-state index contributed by atoms with van der Waals surface area (Å²) >= 11 is 0. The number of carbonyl (C=O) groups is 1. The predicted octanol–water partition coefficient (Wildman–Crippen LogP) is -0.149. The van der Waals surface area contributed by atoms with E-state index in [1.807, 2.05) is 0 Å². The average Bonchev–Trinajstić information content (AvgIpc) is 2.32. The van der Waals surface area contributed by atoms with Crippen molar-refractivity contribution in [2.24, 2.45) is 0 Å². The van der Waals surface area contributed by atoms with E-state index in [4.69, 9.17) is 18.9 Å². The van der Waals surface area contributed by atoms with E-state index in [9.17, 15) is 4.79 Å². The summed E-state index contributed by atoms with van der Waals surface area (Å²) in [5.41, 5.74) is 0. The fraction of sp³-hybridized carbons (Fsp3) is 0.900. The van der Waals surface area contributed by atoms with Gasteiger partial charge in [-0.2, -0.15) is 0 Å². The Hall–Kier alpha value is -0.690. The Bertz CT molecular complexity index is 196. The second-order valence-electron chi connectivity index (χ2n) is 3.11. The largest absolute Gasteiger partial charge is 0.467 e. The van der Waals surface area contributed by atoms with E-state index in [0.717, 1.165) is 0 Å². The van der Waals surface area contributed by atoms with Gasteiger partial charge in [0.15, 0.2) is 6.10 Å². The van der Waals surface area contributed by atoms with Crippen LogP contribution in [0.15, 0.2) is 0 Å². The van der Waals surface area contributed by atoms with Crippen LogP contribution in [0.25, 0.3) is 0 Å². The van der Waals surface area contributed by atoms with Crippen molar-refractivity contribution < 1.29 is 28.5 Å². The zero-order chi connectivity index (χ0) is 12.6. The SMILES string of the molecule is COC[C@H](OC)[C@H](OC)[C@@H](OC)C(=O)OC. The third-order valence-corrected chi connectivity index (χ3v) is 2.26. The fourth-order valence-electron chi connectivity index (χ4n) is 1.41. The quantitative estimate of drug-likeness (QED) is 0.546. The highest BCUT2D eigenvalue weighted by Gasteiger charge is 2.35. The van der Waals surface area contributed by atoms with Gasteiger partial charge < -0.3 is 23.7 Å². The van der Waals surface area contributed by atoms with Gasteiger partial charge in [0.1, 0.15) is 12.2 Å². The smallest absolute Gasteiger partial charge is 0.337 e. The summed E-state index contributed by atoms with van der Waals surface area (Å²) in [4.78, 5) is 11.4. The molecule has 0 aromatic heterocycles. The molecular weight excluding hydrogens is 216 g/mol. The zero-order valence-corrected chi connectivity index (χ0v) is 10.4. The minimum atomic E-state index is -0.838. The molecule has 3 atom stereocenters. The standard InChI is InChI=1S/C10H20O6/c1-12-6-7(13-2)8(14-3)9(15-4)10(11)16-5/h7-9H,6H2,1-5H3/t7-,8-,9+/m0/s1. The van der Waals surface area contributed by atoms with Crippen molar-refractivity contribution in [1.82, 2.24) is 0 Å². The number of carbonyl (C=O) groups excluding carboxylic acids is 1. The van der Waals surface area contributed by atoms with Crippen molar-refractivity contribution in [2.45, 2.75) is 18.3 Å². The maximum absolute atomic E-state index is 11.4. The summed E-state index contributed by atoms with van der Waals surface area (Å²) < 4.78 is 25.0. The van der Waals surface area contributed by atoms with Crippen LogP contribution < -0.4 is 0 Å². The van der Waals surface area contributed by atoms with Crippen LogP contribution in [0.5, 0.6) is 0 Å². The van der Waals surface area contributed by atoms with Gasteiger partial charge in [0.2, 0.25) is 0 Å². The van der Waals surface area contributed by atoms with Crippen molar-refractivity contribution >= 4 is 5.97 Å². The Labute approximate surface area is 95.8 Å². The number of rotatable bonds is 8. The van der Waals surface area contributed by atoms with Crippen molar-refractivity contribution in [3.63, 3.8) is 0 Å². The van der Waals surface area contributed by atoms with Gasteiger partial charge in [-0.05, 0) is 0 Å². The van der Waals surface area contributed by atoms with Crippen LogP contribution in [-0.4, -0.2) is 66.4 Å². The first-order valence-corrected chi connectivity index (χ1v) is 4.81.